The molecule has 0 aliphatic heterocycles. The second-order valence-electron chi connectivity index (χ2n) is 5.44. The van der Waals surface area contributed by atoms with E-state index < -0.39 is 0 Å². The molecular weight excluding hydrogens is 260 g/mol. The van der Waals surface area contributed by atoms with Gasteiger partial charge in [-0.15, -0.1) is 0 Å². The van der Waals surface area contributed by atoms with Crippen molar-refractivity contribution in [3.63, 3.8) is 0 Å². The molecule has 0 saturated heterocycles. The Kier molecular flexibility index (Phi) is 4.48. The first-order valence-corrected chi connectivity index (χ1v) is 7.22. The molecule has 0 spiro atoms. The number of hydrogen-bond acceptors (Lipinski definition) is 2. The number of benzene rings is 1. The van der Waals surface area contributed by atoms with Gasteiger partial charge in [0.2, 0.25) is 5.91 Å². The minimum Gasteiger partial charge on any atom is -0.349 e. The highest BCUT2D eigenvalue weighted by Crippen LogP contribution is 2.37. The summed E-state index contributed by atoms with van der Waals surface area (Å²) in [6, 6.07) is 7.54. The van der Waals surface area contributed by atoms with E-state index in [1.54, 1.807) is 0 Å². The molecule has 0 unspecified atom stereocenters. The summed E-state index contributed by atoms with van der Waals surface area (Å²) in [6.45, 7) is 2.41. The Bertz CT molecular complexity index is 455. The maximum atomic E-state index is 12.4. The van der Waals surface area contributed by atoms with Gasteiger partial charge in [-0.2, -0.15) is 0 Å². The lowest BCUT2D eigenvalue weighted by atomic mass is 9.85. The van der Waals surface area contributed by atoms with Crippen LogP contribution in [0.3, 0.4) is 0 Å². The molecule has 0 radical (unpaired) electrons. The van der Waals surface area contributed by atoms with Crippen LogP contribution in [0.5, 0.6) is 0 Å². The van der Waals surface area contributed by atoms with Crippen molar-refractivity contribution in [3.05, 3.63) is 34.9 Å². The number of halogens is 1. The molecule has 1 amide bonds. The number of carbonyl (C=O) groups is 1. The van der Waals surface area contributed by atoms with Crippen LogP contribution in [0, 0.1) is 5.41 Å². The molecule has 3 nitrogen and oxygen atoms in total. The Morgan fingerprint density at radius 3 is 2.74 bits per heavy atom. The summed E-state index contributed by atoms with van der Waals surface area (Å²) in [5.41, 5.74) is 6.49. The smallest absolute Gasteiger partial charge is 0.227 e. The lowest BCUT2D eigenvalue weighted by molar-refractivity contribution is -0.131. The molecule has 2 rings (SSSR count). The van der Waals surface area contributed by atoms with Crippen molar-refractivity contribution in [2.75, 3.05) is 6.54 Å². The first kappa shape index (κ1) is 14.4. The lowest BCUT2D eigenvalue weighted by Crippen LogP contribution is -2.44. The summed E-state index contributed by atoms with van der Waals surface area (Å²) >= 11 is 5.97. The van der Waals surface area contributed by atoms with Crippen molar-refractivity contribution in [2.24, 2.45) is 11.1 Å². The summed E-state index contributed by atoms with van der Waals surface area (Å²) in [4.78, 5) is 12.4. The molecule has 4 heteroatoms. The molecular formula is C15H21ClN2O. The Balaban J connectivity index is 2.06. The van der Waals surface area contributed by atoms with E-state index in [0.29, 0.717) is 11.6 Å². The third kappa shape index (κ3) is 3.10. The Hall–Kier alpha value is -1.06. The van der Waals surface area contributed by atoms with Crippen LogP contribution in [0.25, 0.3) is 0 Å². The second-order valence-corrected chi connectivity index (χ2v) is 5.88. The standard InChI is InChI=1S/C15H21ClN2O/c1-11(12-5-4-6-13(16)9-12)18-14(19)15(10-17)7-2-3-8-15/h4-6,9,11H,2-3,7-8,10,17H2,1H3,(H,18,19)/t11-/m1/s1. The molecule has 1 aromatic carbocycles. The third-order valence-electron chi connectivity index (χ3n) is 4.13. The summed E-state index contributed by atoms with van der Waals surface area (Å²) in [5, 5.41) is 3.77. The molecule has 3 N–H and O–H groups in total. The van der Waals surface area contributed by atoms with Gasteiger partial charge < -0.3 is 11.1 Å². The molecule has 0 bridgehead atoms. The fourth-order valence-electron chi connectivity index (χ4n) is 2.78. The van der Waals surface area contributed by atoms with E-state index in [2.05, 4.69) is 5.32 Å². The number of nitrogens with one attached hydrogen (secondary N) is 1. The van der Waals surface area contributed by atoms with Gasteiger partial charge in [0, 0.05) is 11.6 Å². The highest BCUT2D eigenvalue weighted by Gasteiger charge is 2.40. The number of amides is 1. The van der Waals surface area contributed by atoms with Gasteiger partial charge in [-0.3, -0.25) is 4.79 Å². The van der Waals surface area contributed by atoms with E-state index in [0.717, 1.165) is 31.2 Å². The van der Waals surface area contributed by atoms with Crippen molar-refractivity contribution < 1.29 is 4.79 Å². The number of hydrogen-bond donors (Lipinski definition) is 2. The predicted octanol–water partition coefficient (Wildman–Crippen LogP) is 3.04. The summed E-state index contributed by atoms with van der Waals surface area (Å²) in [5.74, 6) is 0.0833. The van der Waals surface area contributed by atoms with E-state index in [1.807, 2.05) is 31.2 Å². The molecule has 1 saturated carbocycles. The van der Waals surface area contributed by atoms with Crippen molar-refractivity contribution in [1.82, 2.24) is 5.32 Å². The molecule has 1 aliphatic rings. The van der Waals surface area contributed by atoms with Gasteiger partial charge in [0.05, 0.1) is 11.5 Å². The van der Waals surface area contributed by atoms with Gasteiger partial charge in [-0.05, 0) is 37.5 Å². The minimum absolute atomic E-state index is 0.0461. The fraction of sp³-hybridized carbons (Fsp3) is 0.533. The van der Waals surface area contributed by atoms with Crippen LogP contribution in [0.4, 0.5) is 0 Å². The maximum absolute atomic E-state index is 12.4. The topological polar surface area (TPSA) is 55.1 Å². The number of nitrogens with two attached hydrogens (primary N) is 1. The third-order valence-corrected chi connectivity index (χ3v) is 4.36. The van der Waals surface area contributed by atoms with Crippen LogP contribution < -0.4 is 11.1 Å². The van der Waals surface area contributed by atoms with Crippen molar-refractivity contribution in [3.8, 4) is 0 Å². The molecule has 0 aromatic heterocycles. The average Bonchev–Trinajstić information content (AvgIpc) is 2.88. The summed E-state index contributed by atoms with van der Waals surface area (Å²) < 4.78 is 0. The Labute approximate surface area is 119 Å². The minimum atomic E-state index is -0.354. The molecule has 1 atom stereocenters. The maximum Gasteiger partial charge on any atom is 0.227 e. The molecule has 0 heterocycles. The van der Waals surface area contributed by atoms with Gasteiger partial charge in [-0.25, -0.2) is 0 Å². The zero-order valence-electron chi connectivity index (χ0n) is 11.3. The number of rotatable bonds is 4. The monoisotopic (exact) mass is 280 g/mol. The van der Waals surface area contributed by atoms with Gasteiger partial charge in [0.25, 0.3) is 0 Å². The van der Waals surface area contributed by atoms with Crippen LogP contribution in [0.1, 0.15) is 44.2 Å². The van der Waals surface area contributed by atoms with Crippen LogP contribution in [0.2, 0.25) is 5.02 Å². The molecule has 1 aromatic rings. The zero-order valence-corrected chi connectivity index (χ0v) is 12.0. The SMILES string of the molecule is C[C@@H](NC(=O)C1(CN)CCCC1)c1cccc(Cl)c1. The Morgan fingerprint density at radius 2 is 2.16 bits per heavy atom. The quantitative estimate of drug-likeness (QED) is 0.891. The first-order valence-electron chi connectivity index (χ1n) is 6.84. The van der Waals surface area contributed by atoms with Crippen LogP contribution in [-0.4, -0.2) is 12.5 Å². The Morgan fingerprint density at radius 1 is 1.47 bits per heavy atom. The van der Waals surface area contributed by atoms with E-state index >= 15 is 0 Å². The van der Waals surface area contributed by atoms with Crippen LogP contribution >= 0.6 is 11.6 Å². The normalized spacial score (nSPS) is 19.1. The number of carbonyl (C=O) groups excluding carboxylic acids is 1. The van der Waals surface area contributed by atoms with Gasteiger partial charge in [-0.1, -0.05) is 36.6 Å². The van der Waals surface area contributed by atoms with Gasteiger partial charge in [0.15, 0.2) is 0 Å². The van der Waals surface area contributed by atoms with Crippen molar-refractivity contribution >= 4 is 17.5 Å². The van der Waals surface area contributed by atoms with Gasteiger partial charge in [0.1, 0.15) is 0 Å². The average molecular weight is 281 g/mol. The molecule has 104 valence electrons. The highest BCUT2D eigenvalue weighted by atomic mass is 35.5. The van der Waals surface area contributed by atoms with Crippen molar-refractivity contribution in [1.29, 1.82) is 0 Å². The van der Waals surface area contributed by atoms with E-state index in [4.69, 9.17) is 17.3 Å². The molecule has 1 fully saturated rings. The zero-order chi connectivity index (χ0) is 13.9. The predicted molar refractivity (Wildman–Crippen MR) is 78.0 cm³/mol. The summed E-state index contributed by atoms with van der Waals surface area (Å²) in [6.07, 6.45) is 3.99. The summed E-state index contributed by atoms with van der Waals surface area (Å²) in [7, 11) is 0. The molecule has 1 aliphatic carbocycles. The van der Waals surface area contributed by atoms with Gasteiger partial charge >= 0.3 is 0 Å². The first-order chi connectivity index (χ1) is 9.07. The molecule has 19 heavy (non-hydrogen) atoms. The largest absolute Gasteiger partial charge is 0.349 e. The second kappa shape index (κ2) is 5.93. The highest BCUT2D eigenvalue weighted by molar-refractivity contribution is 6.30. The van der Waals surface area contributed by atoms with E-state index in [-0.39, 0.29) is 17.4 Å². The van der Waals surface area contributed by atoms with E-state index in [1.165, 1.54) is 0 Å². The van der Waals surface area contributed by atoms with Crippen LogP contribution in [0.15, 0.2) is 24.3 Å². The van der Waals surface area contributed by atoms with E-state index in [9.17, 15) is 4.79 Å². The van der Waals surface area contributed by atoms with Crippen LogP contribution in [-0.2, 0) is 4.79 Å². The fourth-order valence-corrected chi connectivity index (χ4v) is 2.98. The van der Waals surface area contributed by atoms with Crippen molar-refractivity contribution in [2.45, 2.75) is 38.6 Å². The lowest BCUT2D eigenvalue weighted by Gasteiger charge is -2.28.